The summed E-state index contributed by atoms with van der Waals surface area (Å²) in [6, 6.07) is -0.183. The van der Waals surface area contributed by atoms with Gasteiger partial charge < -0.3 is 26.8 Å². The lowest BCUT2D eigenvalue weighted by atomic mass is 10.1. The average molecular weight is 393 g/mol. The average Bonchev–Trinajstić information content (AvgIpc) is 2.61. The van der Waals surface area contributed by atoms with Crippen molar-refractivity contribution in [1.82, 2.24) is 20.9 Å². The van der Waals surface area contributed by atoms with Crippen molar-refractivity contribution in [3.63, 3.8) is 0 Å². The van der Waals surface area contributed by atoms with Crippen molar-refractivity contribution in [2.45, 2.75) is 44.8 Å². The summed E-state index contributed by atoms with van der Waals surface area (Å²) in [4.78, 5) is 61.9. The molecule has 1 aromatic heterocycles. The second kappa shape index (κ2) is 10.6. The number of carboxylic acids is 1. The Bertz CT molecular complexity index is 739. The molecule has 0 aromatic carbocycles. The Morgan fingerprint density at radius 2 is 1.54 bits per heavy atom. The third-order valence-electron chi connectivity index (χ3n) is 3.66. The van der Waals surface area contributed by atoms with E-state index in [9.17, 15) is 24.0 Å². The van der Waals surface area contributed by atoms with Gasteiger partial charge in [0.05, 0.1) is 12.8 Å². The molecule has 0 bridgehead atoms. The molecule has 0 saturated carbocycles. The molecule has 0 aliphatic rings. The molecule has 1 rings (SSSR count). The van der Waals surface area contributed by atoms with Crippen LogP contribution in [-0.2, 0) is 30.4 Å². The summed E-state index contributed by atoms with van der Waals surface area (Å²) in [6.07, 6.45) is 2.57. The number of pyridine rings is 1. The molecule has 4 amide bonds. The van der Waals surface area contributed by atoms with E-state index in [2.05, 4.69) is 20.9 Å². The zero-order chi connectivity index (χ0) is 21.3. The number of aromatic nitrogens is 1. The first-order valence-corrected chi connectivity index (χ1v) is 8.40. The van der Waals surface area contributed by atoms with Crippen molar-refractivity contribution in [2.24, 2.45) is 5.73 Å². The van der Waals surface area contributed by atoms with Crippen LogP contribution in [0.15, 0.2) is 24.5 Å². The fraction of sp³-hybridized carbons (Fsp3) is 0.412. The molecule has 0 unspecified atom stereocenters. The number of amides is 4. The van der Waals surface area contributed by atoms with Gasteiger partial charge in [0.2, 0.25) is 23.6 Å². The molecule has 28 heavy (non-hydrogen) atoms. The number of primary amides is 1. The van der Waals surface area contributed by atoms with E-state index >= 15 is 0 Å². The molecule has 3 atom stereocenters. The zero-order valence-corrected chi connectivity index (χ0v) is 15.5. The first kappa shape index (κ1) is 22.5. The van der Waals surface area contributed by atoms with E-state index in [4.69, 9.17) is 10.8 Å². The van der Waals surface area contributed by atoms with Crippen LogP contribution in [0.25, 0.3) is 0 Å². The van der Waals surface area contributed by atoms with E-state index in [-0.39, 0.29) is 6.42 Å². The lowest BCUT2D eigenvalue weighted by Crippen LogP contribution is -2.54. The zero-order valence-electron chi connectivity index (χ0n) is 15.5. The summed E-state index contributed by atoms with van der Waals surface area (Å²) in [6.45, 7) is 2.78. The van der Waals surface area contributed by atoms with Crippen molar-refractivity contribution >= 4 is 29.6 Å². The predicted molar refractivity (Wildman–Crippen MR) is 96.5 cm³/mol. The summed E-state index contributed by atoms with van der Waals surface area (Å²) in [5.74, 6) is -4.15. The van der Waals surface area contributed by atoms with Crippen molar-refractivity contribution in [3.05, 3.63) is 30.1 Å². The van der Waals surface area contributed by atoms with Crippen molar-refractivity contribution < 1.29 is 29.1 Å². The molecule has 1 heterocycles. The summed E-state index contributed by atoms with van der Waals surface area (Å²) >= 11 is 0. The van der Waals surface area contributed by atoms with E-state index in [0.717, 1.165) is 5.56 Å². The van der Waals surface area contributed by atoms with Gasteiger partial charge in [0.15, 0.2) is 0 Å². The van der Waals surface area contributed by atoms with Crippen LogP contribution in [0.1, 0.15) is 25.8 Å². The number of carbonyl (C=O) groups is 5. The number of carbonyl (C=O) groups excluding carboxylic acids is 4. The fourth-order valence-corrected chi connectivity index (χ4v) is 2.15. The van der Waals surface area contributed by atoms with Crippen LogP contribution in [0.5, 0.6) is 0 Å². The second-order valence-corrected chi connectivity index (χ2v) is 6.12. The third-order valence-corrected chi connectivity index (χ3v) is 3.66. The van der Waals surface area contributed by atoms with Crippen LogP contribution in [0.4, 0.5) is 0 Å². The van der Waals surface area contributed by atoms with Gasteiger partial charge in [0, 0.05) is 12.4 Å². The Morgan fingerprint density at radius 3 is 2.07 bits per heavy atom. The number of nitrogens with one attached hydrogen (secondary N) is 3. The largest absolute Gasteiger partial charge is 0.480 e. The van der Waals surface area contributed by atoms with Crippen LogP contribution in [-0.4, -0.2) is 57.8 Å². The Hall–Kier alpha value is -3.50. The first-order valence-electron chi connectivity index (χ1n) is 8.40. The highest BCUT2D eigenvalue weighted by Crippen LogP contribution is 1.98. The molecule has 0 aliphatic heterocycles. The minimum Gasteiger partial charge on any atom is -0.480 e. The van der Waals surface area contributed by atoms with Gasteiger partial charge >= 0.3 is 5.97 Å². The highest BCUT2D eigenvalue weighted by atomic mass is 16.4. The summed E-state index contributed by atoms with van der Waals surface area (Å²) in [5, 5.41) is 16.0. The van der Waals surface area contributed by atoms with E-state index < -0.39 is 54.1 Å². The molecule has 0 radical (unpaired) electrons. The van der Waals surface area contributed by atoms with Gasteiger partial charge in [-0.3, -0.25) is 24.2 Å². The Balaban J connectivity index is 2.52. The van der Waals surface area contributed by atoms with Gasteiger partial charge in [0.25, 0.3) is 0 Å². The Morgan fingerprint density at radius 1 is 1.00 bits per heavy atom. The van der Waals surface area contributed by atoms with Crippen LogP contribution < -0.4 is 21.7 Å². The molecule has 6 N–H and O–H groups in total. The van der Waals surface area contributed by atoms with Crippen LogP contribution >= 0.6 is 0 Å². The molecule has 11 heteroatoms. The van der Waals surface area contributed by atoms with E-state index in [1.165, 1.54) is 13.8 Å². The molecular weight excluding hydrogens is 370 g/mol. The minimum atomic E-state index is -1.50. The van der Waals surface area contributed by atoms with Gasteiger partial charge in [-0.05, 0) is 31.5 Å². The van der Waals surface area contributed by atoms with E-state index in [1.807, 2.05) is 0 Å². The third kappa shape index (κ3) is 7.81. The lowest BCUT2D eigenvalue weighted by molar-refractivity contribution is -0.143. The van der Waals surface area contributed by atoms with Gasteiger partial charge in [-0.1, -0.05) is 0 Å². The normalized spacial score (nSPS) is 13.5. The standard InChI is InChI=1S/C17H23N5O6/c1-9(20-14(24)7-11-3-5-19-6-4-11)15(25)21-10(2)16(26)22-12(17(27)28)8-13(18)23/h3-6,9-10,12H,7-8H2,1-2H3,(H2,18,23)(H,20,24)(H,21,25)(H,22,26)(H,27,28)/t9-,10+,12-/m0/s1. The summed E-state index contributed by atoms with van der Waals surface area (Å²) in [7, 11) is 0. The molecule has 1 aromatic rings. The Kier molecular flexibility index (Phi) is 8.53. The highest BCUT2D eigenvalue weighted by molar-refractivity contribution is 5.94. The van der Waals surface area contributed by atoms with E-state index in [1.54, 1.807) is 24.5 Å². The molecule has 0 saturated heterocycles. The van der Waals surface area contributed by atoms with Crippen LogP contribution in [0, 0.1) is 0 Å². The number of nitrogens with two attached hydrogens (primary N) is 1. The van der Waals surface area contributed by atoms with Crippen molar-refractivity contribution in [1.29, 1.82) is 0 Å². The fourth-order valence-electron chi connectivity index (χ4n) is 2.15. The van der Waals surface area contributed by atoms with Crippen LogP contribution in [0.2, 0.25) is 0 Å². The summed E-state index contributed by atoms with van der Waals surface area (Å²) in [5.41, 5.74) is 5.66. The van der Waals surface area contributed by atoms with Gasteiger partial charge in [0.1, 0.15) is 18.1 Å². The van der Waals surface area contributed by atoms with Crippen LogP contribution in [0.3, 0.4) is 0 Å². The molecule has 0 aliphatic carbocycles. The monoisotopic (exact) mass is 393 g/mol. The lowest BCUT2D eigenvalue weighted by Gasteiger charge is -2.20. The van der Waals surface area contributed by atoms with Gasteiger partial charge in [-0.15, -0.1) is 0 Å². The number of hydrogen-bond donors (Lipinski definition) is 5. The Labute approximate surface area is 161 Å². The number of rotatable bonds is 10. The summed E-state index contributed by atoms with van der Waals surface area (Å²) < 4.78 is 0. The highest BCUT2D eigenvalue weighted by Gasteiger charge is 2.26. The smallest absolute Gasteiger partial charge is 0.326 e. The topological polar surface area (TPSA) is 181 Å². The maximum atomic E-state index is 12.1. The number of hydrogen-bond acceptors (Lipinski definition) is 6. The minimum absolute atomic E-state index is 0.0591. The van der Waals surface area contributed by atoms with Crippen molar-refractivity contribution in [2.75, 3.05) is 0 Å². The number of aliphatic carboxylic acids is 1. The predicted octanol–water partition coefficient (Wildman–Crippen LogP) is -1.92. The molecule has 0 spiro atoms. The molecule has 11 nitrogen and oxygen atoms in total. The molecule has 0 fully saturated rings. The maximum Gasteiger partial charge on any atom is 0.326 e. The SMILES string of the molecule is C[C@H](NC(=O)Cc1ccncc1)C(=O)N[C@H](C)C(=O)N[C@@H](CC(N)=O)C(=O)O. The number of carboxylic acid groups (broad SMARTS) is 1. The van der Waals surface area contributed by atoms with Gasteiger partial charge in [-0.25, -0.2) is 4.79 Å². The van der Waals surface area contributed by atoms with Crippen molar-refractivity contribution in [3.8, 4) is 0 Å². The van der Waals surface area contributed by atoms with Gasteiger partial charge in [-0.2, -0.15) is 0 Å². The quantitative estimate of drug-likeness (QED) is 0.307. The number of nitrogens with zero attached hydrogens (tertiary/aromatic N) is 1. The molecular formula is C17H23N5O6. The second-order valence-electron chi connectivity index (χ2n) is 6.12. The van der Waals surface area contributed by atoms with E-state index in [0.29, 0.717) is 0 Å². The maximum absolute atomic E-state index is 12.1. The first-order chi connectivity index (χ1) is 13.1. The molecule has 152 valence electrons.